The molecule has 0 heterocycles. The second-order valence-corrected chi connectivity index (χ2v) is 3.14. The summed E-state index contributed by atoms with van der Waals surface area (Å²) >= 11 is 0. The number of esters is 1. The largest absolute Gasteiger partial charge is 0.432 e. The molecule has 0 spiro atoms. The number of rotatable bonds is 1. The summed E-state index contributed by atoms with van der Waals surface area (Å²) in [6.45, 7) is 3.65. The van der Waals surface area contributed by atoms with Gasteiger partial charge in [0.05, 0.1) is 0 Å². The summed E-state index contributed by atoms with van der Waals surface area (Å²) in [6.07, 6.45) is 5.12. The van der Waals surface area contributed by atoms with Crippen LogP contribution < -0.4 is 0 Å². The van der Waals surface area contributed by atoms with Gasteiger partial charge in [0.25, 0.3) is 0 Å². The molecule has 62 valence electrons. The standard InChI is InChI=1S/C9H14O2/c1-7-3-5-9(6-4-7)11-8(2)10/h5,7H,3-4,6H2,1-2H3. The highest BCUT2D eigenvalue weighted by Crippen LogP contribution is 2.23. The van der Waals surface area contributed by atoms with E-state index in [9.17, 15) is 4.79 Å². The first-order chi connectivity index (χ1) is 5.18. The lowest BCUT2D eigenvalue weighted by Crippen LogP contribution is -2.06. The van der Waals surface area contributed by atoms with E-state index in [0.29, 0.717) is 0 Å². The third-order valence-electron chi connectivity index (χ3n) is 1.91. The van der Waals surface area contributed by atoms with Gasteiger partial charge in [-0.15, -0.1) is 0 Å². The van der Waals surface area contributed by atoms with Crippen LogP contribution in [0.4, 0.5) is 0 Å². The molecule has 0 aromatic carbocycles. The lowest BCUT2D eigenvalue weighted by Gasteiger charge is -2.16. The predicted octanol–water partition coefficient (Wildman–Crippen LogP) is 2.25. The minimum Gasteiger partial charge on any atom is -0.432 e. The number of carbonyl (C=O) groups is 1. The third kappa shape index (κ3) is 2.74. The summed E-state index contributed by atoms with van der Waals surface area (Å²) in [5.41, 5.74) is 0. The fraction of sp³-hybridized carbons (Fsp3) is 0.667. The van der Waals surface area contributed by atoms with Gasteiger partial charge in [0.2, 0.25) is 0 Å². The van der Waals surface area contributed by atoms with Crippen molar-refractivity contribution in [3.63, 3.8) is 0 Å². The van der Waals surface area contributed by atoms with Crippen LogP contribution in [0.2, 0.25) is 0 Å². The quantitative estimate of drug-likeness (QED) is 0.541. The van der Waals surface area contributed by atoms with Gasteiger partial charge >= 0.3 is 5.97 Å². The molecule has 0 aromatic heterocycles. The summed E-state index contributed by atoms with van der Waals surface area (Å²) < 4.78 is 4.96. The lowest BCUT2D eigenvalue weighted by molar-refractivity contribution is -0.137. The summed E-state index contributed by atoms with van der Waals surface area (Å²) in [5.74, 6) is 1.40. The highest BCUT2D eigenvalue weighted by Gasteiger charge is 2.11. The van der Waals surface area contributed by atoms with E-state index in [1.165, 1.54) is 6.92 Å². The summed E-state index contributed by atoms with van der Waals surface area (Å²) in [7, 11) is 0. The minimum atomic E-state index is -0.203. The Labute approximate surface area is 67.2 Å². The van der Waals surface area contributed by atoms with Crippen molar-refractivity contribution in [2.75, 3.05) is 0 Å². The van der Waals surface area contributed by atoms with Crippen molar-refractivity contribution in [3.05, 3.63) is 11.8 Å². The molecule has 0 radical (unpaired) electrons. The van der Waals surface area contributed by atoms with E-state index < -0.39 is 0 Å². The zero-order chi connectivity index (χ0) is 8.27. The molecule has 0 bridgehead atoms. The lowest BCUT2D eigenvalue weighted by atomic mass is 9.95. The minimum absolute atomic E-state index is 0.203. The molecule has 1 unspecified atom stereocenters. The van der Waals surface area contributed by atoms with E-state index in [2.05, 4.69) is 6.92 Å². The molecule has 0 saturated carbocycles. The monoisotopic (exact) mass is 154 g/mol. The van der Waals surface area contributed by atoms with Crippen molar-refractivity contribution in [3.8, 4) is 0 Å². The first kappa shape index (κ1) is 8.31. The average molecular weight is 154 g/mol. The molecule has 1 atom stereocenters. The van der Waals surface area contributed by atoms with Crippen molar-refractivity contribution in [2.24, 2.45) is 5.92 Å². The first-order valence-electron chi connectivity index (χ1n) is 4.06. The Morgan fingerprint density at radius 2 is 2.45 bits per heavy atom. The van der Waals surface area contributed by atoms with E-state index in [4.69, 9.17) is 4.74 Å². The van der Waals surface area contributed by atoms with Gasteiger partial charge in [0.1, 0.15) is 5.76 Å². The van der Waals surface area contributed by atoms with E-state index in [1.807, 2.05) is 6.08 Å². The third-order valence-corrected chi connectivity index (χ3v) is 1.91. The fourth-order valence-electron chi connectivity index (χ4n) is 1.22. The number of hydrogen-bond acceptors (Lipinski definition) is 2. The van der Waals surface area contributed by atoms with Gasteiger partial charge in [-0.1, -0.05) is 6.92 Å². The Morgan fingerprint density at radius 1 is 1.73 bits per heavy atom. The molecular weight excluding hydrogens is 140 g/mol. The van der Waals surface area contributed by atoms with Crippen molar-refractivity contribution >= 4 is 5.97 Å². The van der Waals surface area contributed by atoms with Crippen LogP contribution in [0.1, 0.15) is 33.1 Å². The zero-order valence-electron chi connectivity index (χ0n) is 7.09. The smallest absolute Gasteiger partial charge is 0.307 e. The van der Waals surface area contributed by atoms with E-state index in [1.54, 1.807) is 0 Å². The zero-order valence-corrected chi connectivity index (χ0v) is 7.09. The van der Waals surface area contributed by atoms with Crippen molar-refractivity contribution in [1.82, 2.24) is 0 Å². The molecule has 0 aromatic rings. The first-order valence-corrected chi connectivity index (χ1v) is 4.06. The topological polar surface area (TPSA) is 26.3 Å². The molecule has 0 N–H and O–H groups in total. The number of hydrogen-bond donors (Lipinski definition) is 0. The van der Waals surface area contributed by atoms with Crippen molar-refractivity contribution in [1.29, 1.82) is 0 Å². The van der Waals surface area contributed by atoms with Crippen LogP contribution in [0.3, 0.4) is 0 Å². The Hall–Kier alpha value is -0.790. The Morgan fingerprint density at radius 3 is 2.91 bits per heavy atom. The van der Waals surface area contributed by atoms with Gasteiger partial charge in [-0.05, 0) is 24.8 Å². The Kier molecular flexibility index (Phi) is 2.69. The van der Waals surface area contributed by atoms with Gasteiger partial charge in [0, 0.05) is 13.3 Å². The molecule has 0 amide bonds. The van der Waals surface area contributed by atoms with Crippen LogP contribution in [0, 0.1) is 5.92 Å². The summed E-state index contributed by atoms with van der Waals surface area (Å²) in [6, 6.07) is 0. The van der Waals surface area contributed by atoms with Gasteiger partial charge < -0.3 is 4.74 Å². The molecule has 0 saturated heterocycles. The van der Waals surface area contributed by atoms with Crippen LogP contribution in [0.5, 0.6) is 0 Å². The number of ether oxygens (including phenoxy) is 1. The Bertz CT molecular complexity index is 182. The maximum absolute atomic E-state index is 10.5. The van der Waals surface area contributed by atoms with Crippen LogP contribution in [-0.4, -0.2) is 5.97 Å². The maximum atomic E-state index is 10.5. The molecule has 1 rings (SSSR count). The van der Waals surface area contributed by atoms with Crippen LogP contribution >= 0.6 is 0 Å². The molecule has 1 aliphatic carbocycles. The van der Waals surface area contributed by atoms with Crippen molar-refractivity contribution in [2.45, 2.75) is 33.1 Å². The molecular formula is C9H14O2. The van der Waals surface area contributed by atoms with E-state index >= 15 is 0 Å². The van der Waals surface area contributed by atoms with Crippen LogP contribution in [0.15, 0.2) is 11.8 Å². The SMILES string of the molecule is CC(=O)OC1=CCC(C)CC1. The fourth-order valence-corrected chi connectivity index (χ4v) is 1.22. The number of carbonyl (C=O) groups excluding carboxylic acids is 1. The Balaban J connectivity index is 2.41. The van der Waals surface area contributed by atoms with E-state index in [-0.39, 0.29) is 5.97 Å². The second-order valence-electron chi connectivity index (χ2n) is 3.14. The molecule has 2 nitrogen and oxygen atoms in total. The van der Waals surface area contributed by atoms with Gasteiger partial charge in [-0.3, -0.25) is 4.79 Å². The highest BCUT2D eigenvalue weighted by molar-refractivity contribution is 5.67. The van der Waals surface area contributed by atoms with E-state index in [0.717, 1.165) is 30.9 Å². The predicted molar refractivity (Wildman–Crippen MR) is 42.9 cm³/mol. The second kappa shape index (κ2) is 3.56. The summed E-state index contributed by atoms with van der Waals surface area (Å²) in [5, 5.41) is 0. The molecule has 0 aliphatic heterocycles. The van der Waals surface area contributed by atoms with Gasteiger partial charge in [-0.2, -0.15) is 0 Å². The number of allylic oxidation sites excluding steroid dienone is 2. The van der Waals surface area contributed by atoms with Crippen molar-refractivity contribution < 1.29 is 9.53 Å². The molecule has 1 aliphatic rings. The van der Waals surface area contributed by atoms with Gasteiger partial charge in [-0.25, -0.2) is 0 Å². The summed E-state index contributed by atoms with van der Waals surface area (Å²) in [4.78, 5) is 10.5. The van der Waals surface area contributed by atoms with Crippen LogP contribution in [-0.2, 0) is 9.53 Å². The molecule has 2 heteroatoms. The van der Waals surface area contributed by atoms with Crippen LogP contribution in [0.25, 0.3) is 0 Å². The molecule has 11 heavy (non-hydrogen) atoms. The van der Waals surface area contributed by atoms with Gasteiger partial charge in [0.15, 0.2) is 0 Å². The average Bonchev–Trinajstić information content (AvgIpc) is 1.93. The normalized spacial score (nSPS) is 24.2. The maximum Gasteiger partial charge on any atom is 0.307 e. The highest BCUT2D eigenvalue weighted by atomic mass is 16.5. The molecule has 0 fully saturated rings.